The van der Waals surface area contributed by atoms with Crippen molar-refractivity contribution in [3.8, 4) is 5.75 Å². The van der Waals surface area contributed by atoms with E-state index in [0.29, 0.717) is 36.7 Å². The zero-order valence-corrected chi connectivity index (χ0v) is 16.8. The van der Waals surface area contributed by atoms with Crippen molar-refractivity contribution in [2.24, 2.45) is 5.73 Å². The minimum atomic E-state index is -0.683. The molecular weight excluding hydrogens is 391 g/mol. The Kier molecular flexibility index (Phi) is 6.91. The maximum Gasteiger partial charge on any atom is 0.254 e. The Labute approximate surface area is 173 Å². The van der Waals surface area contributed by atoms with Crippen LogP contribution in [0.3, 0.4) is 0 Å². The summed E-state index contributed by atoms with van der Waals surface area (Å²) in [6.07, 6.45) is 5.37. The second-order valence-electron chi connectivity index (χ2n) is 6.47. The maximum atomic E-state index is 14.2. The number of nitrogens with zero attached hydrogens (tertiary/aromatic N) is 4. The third-order valence-corrected chi connectivity index (χ3v) is 4.41. The van der Waals surface area contributed by atoms with Crippen LogP contribution in [0.15, 0.2) is 36.8 Å². The van der Waals surface area contributed by atoms with Gasteiger partial charge in [0.05, 0.1) is 32.0 Å². The van der Waals surface area contributed by atoms with E-state index < -0.39 is 11.7 Å². The van der Waals surface area contributed by atoms with Gasteiger partial charge in [0.2, 0.25) is 0 Å². The van der Waals surface area contributed by atoms with Gasteiger partial charge in [-0.25, -0.2) is 14.4 Å². The molecule has 0 unspecified atom stereocenters. The summed E-state index contributed by atoms with van der Waals surface area (Å²) in [7, 11) is 3.09. The van der Waals surface area contributed by atoms with Gasteiger partial charge < -0.3 is 20.5 Å². The molecule has 0 bridgehead atoms. The van der Waals surface area contributed by atoms with Crippen molar-refractivity contribution in [3.05, 3.63) is 65.1 Å². The molecule has 0 radical (unpaired) electrons. The number of anilines is 1. The second kappa shape index (κ2) is 9.79. The fraction of sp³-hybridized carbons (Fsp3) is 0.300. The number of methoxy groups -OCH3 is 2. The van der Waals surface area contributed by atoms with Gasteiger partial charge in [0.15, 0.2) is 0 Å². The molecule has 2 heterocycles. The first-order valence-corrected chi connectivity index (χ1v) is 9.23. The topological polar surface area (TPSA) is 117 Å². The summed E-state index contributed by atoms with van der Waals surface area (Å²) in [5, 5.41) is 7.24. The number of halogens is 1. The Morgan fingerprint density at radius 3 is 2.87 bits per heavy atom. The first-order chi connectivity index (χ1) is 14.5. The average Bonchev–Trinajstić information content (AvgIpc) is 3.18. The van der Waals surface area contributed by atoms with Gasteiger partial charge >= 0.3 is 0 Å². The Bertz CT molecular complexity index is 1020. The predicted molar refractivity (Wildman–Crippen MR) is 108 cm³/mol. The van der Waals surface area contributed by atoms with Crippen LogP contribution in [0.2, 0.25) is 0 Å². The van der Waals surface area contributed by atoms with Crippen molar-refractivity contribution >= 4 is 11.7 Å². The lowest BCUT2D eigenvalue weighted by Crippen LogP contribution is -2.17. The highest BCUT2D eigenvalue weighted by Crippen LogP contribution is 2.23. The van der Waals surface area contributed by atoms with E-state index in [4.69, 9.17) is 15.2 Å². The Balaban J connectivity index is 1.80. The van der Waals surface area contributed by atoms with Gasteiger partial charge in [0, 0.05) is 38.0 Å². The number of hydrogen-bond acceptors (Lipinski definition) is 7. The number of aromatic nitrogens is 4. The van der Waals surface area contributed by atoms with E-state index in [2.05, 4.69) is 20.4 Å². The average molecular weight is 414 g/mol. The molecule has 0 saturated heterocycles. The largest absolute Gasteiger partial charge is 0.496 e. The summed E-state index contributed by atoms with van der Waals surface area (Å²) < 4.78 is 26.2. The number of carbonyl (C=O) groups excluding carboxylic acids is 1. The van der Waals surface area contributed by atoms with E-state index >= 15 is 0 Å². The minimum Gasteiger partial charge on any atom is -0.496 e. The standard InChI is InChI=1S/C20H23FN6O3/c1-29-7-6-27-12-13(9-25-27)8-18-23-11-15(19(22)28)20(26-18)24-10-14-16(21)4-3-5-17(14)30-2/h3-5,9,11-12H,6-8,10H2,1-2H3,(H2,22,28)(H,23,24,26). The van der Waals surface area contributed by atoms with Crippen LogP contribution in [0, 0.1) is 5.82 Å². The van der Waals surface area contributed by atoms with E-state index in [1.54, 1.807) is 30.1 Å². The van der Waals surface area contributed by atoms with Crippen LogP contribution < -0.4 is 15.8 Å². The smallest absolute Gasteiger partial charge is 0.254 e. The van der Waals surface area contributed by atoms with Crippen molar-refractivity contribution in [2.45, 2.75) is 19.5 Å². The van der Waals surface area contributed by atoms with Crippen molar-refractivity contribution in [2.75, 3.05) is 26.1 Å². The van der Waals surface area contributed by atoms with Crippen LogP contribution in [0.4, 0.5) is 10.2 Å². The van der Waals surface area contributed by atoms with Gasteiger partial charge in [-0.3, -0.25) is 9.48 Å². The highest BCUT2D eigenvalue weighted by molar-refractivity contribution is 5.97. The van der Waals surface area contributed by atoms with Crippen LogP contribution in [0.5, 0.6) is 5.75 Å². The Morgan fingerprint density at radius 2 is 2.13 bits per heavy atom. The lowest BCUT2D eigenvalue weighted by atomic mass is 10.1. The molecule has 3 N–H and O–H groups in total. The Hall–Kier alpha value is -3.53. The summed E-state index contributed by atoms with van der Waals surface area (Å²) in [6, 6.07) is 4.55. The number of nitrogens with two attached hydrogens (primary N) is 1. The number of rotatable bonds is 10. The number of amides is 1. The quantitative estimate of drug-likeness (QED) is 0.519. The fourth-order valence-corrected chi connectivity index (χ4v) is 2.88. The summed E-state index contributed by atoms with van der Waals surface area (Å²) in [5.41, 5.74) is 6.77. The molecular formula is C20H23FN6O3. The van der Waals surface area contributed by atoms with Crippen molar-refractivity contribution in [1.29, 1.82) is 0 Å². The second-order valence-corrected chi connectivity index (χ2v) is 6.47. The molecule has 9 nitrogen and oxygen atoms in total. The summed E-state index contributed by atoms with van der Waals surface area (Å²) in [6.45, 7) is 1.25. The minimum absolute atomic E-state index is 0.0571. The fourth-order valence-electron chi connectivity index (χ4n) is 2.88. The monoisotopic (exact) mass is 414 g/mol. The van der Waals surface area contributed by atoms with Gasteiger partial charge in [-0.1, -0.05) is 6.07 Å². The SMILES string of the molecule is COCCn1cc(Cc2ncc(C(N)=O)c(NCc3c(F)cccc3OC)n2)cn1. The van der Waals surface area contributed by atoms with Gasteiger partial charge in [0.25, 0.3) is 5.91 Å². The van der Waals surface area contributed by atoms with Crippen LogP contribution in [-0.2, 0) is 24.2 Å². The first kappa shape index (κ1) is 21.2. The molecule has 0 spiro atoms. The van der Waals surface area contributed by atoms with Crippen molar-refractivity contribution < 1.29 is 18.7 Å². The number of hydrogen-bond donors (Lipinski definition) is 2. The summed E-state index contributed by atoms with van der Waals surface area (Å²) >= 11 is 0. The van der Waals surface area contributed by atoms with Gasteiger partial charge in [-0.2, -0.15) is 5.10 Å². The zero-order valence-electron chi connectivity index (χ0n) is 16.8. The van der Waals surface area contributed by atoms with Crippen LogP contribution in [0.25, 0.3) is 0 Å². The highest BCUT2D eigenvalue weighted by Gasteiger charge is 2.15. The molecule has 1 amide bonds. The normalized spacial score (nSPS) is 10.8. The van der Waals surface area contributed by atoms with E-state index in [0.717, 1.165) is 5.56 Å². The molecule has 30 heavy (non-hydrogen) atoms. The first-order valence-electron chi connectivity index (χ1n) is 9.23. The van der Waals surface area contributed by atoms with Crippen LogP contribution in [0.1, 0.15) is 27.3 Å². The van der Waals surface area contributed by atoms with Gasteiger partial charge in [-0.15, -0.1) is 0 Å². The van der Waals surface area contributed by atoms with E-state index in [1.165, 1.54) is 19.4 Å². The molecule has 10 heteroatoms. The number of nitrogens with one attached hydrogen (secondary N) is 1. The summed E-state index contributed by atoms with van der Waals surface area (Å²) in [4.78, 5) is 20.4. The molecule has 3 aromatic rings. The molecule has 0 atom stereocenters. The van der Waals surface area contributed by atoms with Crippen molar-refractivity contribution in [1.82, 2.24) is 19.7 Å². The van der Waals surface area contributed by atoms with Gasteiger partial charge in [-0.05, 0) is 17.7 Å². The number of primary amides is 1. The molecule has 158 valence electrons. The maximum absolute atomic E-state index is 14.2. The molecule has 0 aliphatic rings. The van der Waals surface area contributed by atoms with E-state index in [1.807, 2.05) is 6.20 Å². The zero-order chi connectivity index (χ0) is 21.5. The number of benzene rings is 1. The lowest BCUT2D eigenvalue weighted by Gasteiger charge is -2.13. The molecule has 0 aliphatic carbocycles. The predicted octanol–water partition coefficient (Wildman–Crippen LogP) is 1.77. The van der Waals surface area contributed by atoms with Crippen LogP contribution >= 0.6 is 0 Å². The highest BCUT2D eigenvalue weighted by atomic mass is 19.1. The summed E-state index contributed by atoms with van der Waals surface area (Å²) in [5.74, 6) is -0.0306. The molecule has 0 aliphatic heterocycles. The number of carbonyl (C=O) groups is 1. The lowest BCUT2D eigenvalue weighted by molar-refractivity contribution is 0.100. The molecule has 0 fully saturated rings. The molecule has 2 aromatic heterocycles. The van der Waals surface area contributed by atoms with Crippen LogP contribution in [-0.4, -0.2) is 46.5 Å². The molecule has 0 saturated carbocycles. The third kappa shape index (κ3) is 5.09. The van der Waals surface area contributed by atoms with E-state index in [-0.39, 0.29) is 17.9 Å². The molecule has 3 rings (SSSR count). The van der Waals surface area contributed by atoms with Gasteiger partial charge in [0.1, 0.15) is 23.2 Å². The number of ether oxygens (including phenoxy) is 2. The third-order valence-electron chi connectivity index (χ3n) is 4.41. The Morgan fingerprint density at radius 1 is 1.30 bits per heavy atom. The van der Waals surface area contributed by atoms with Crippen molar-refractivity contribution in [3.63, 3.8) is 0 Å². The van der Waals surface area contributed by atoms with E-state index in [9.17, 15) is 9.18 Å². The molecule has 1 aromatic carbocycles.